The van der Waals surface area contributed by atoms with E-state index in [4.69, 9.17) is 4.74 Å². The highest BCUT2D eigenvalue weighted by Crippen LogP contribution is 2.34. The van der Waals surface area contributed by atoms with Gasteiger partial charge in [-0.25, -0.2) is 0 Å². The van der Waals surface area contributed by atoms with E-state index in [0.29, 0.717) is 17.9 Å². The molecule has 31 heavy (non-hydrogen) atoms. The van der Waals surface area contributed by atoms with Crippen molar-refractivity contribution in [3.05, 3.63) is 56.0 Å². The Balaban J connectivity index is 0.00000233. The Morgan fingerprint density at radius 1 is 1.19 bits per heavy atom. The van der Waals surface area contributed by atoms with E-state index in [1.54, 1.807) is 18.2 Å². The molecule has 0 aliphatic rings. The molecule has 0 spiro atoms. The summed E-state index contributed by atoms with van der Waals surface area (Å²) < 4.78 is 28.1. The molecule has 0 saturated carbocycles. The lowest BCUT2D eigenvalue weighted by Gasteiger charge is -2.14. The van der Waals surface area contributed by atoms with Gasteiger partial charge in [0.1, 0.15) is 11.5 Å². The highest BCUT2D eigenvalue weighted by molar-refractivity contribution is 9.11. The van der Waals surface area contributed by atoms with Crippen LogP contribution < -0.4 is 10.1 Å². The van der Waals surface area contributed by atoms with Crippen LogP contribution in [-0.4, -0.2) is 38.7 Å². The zero-order valence-electron chi connectivity index (χ0n) is 18.0. The number of hydrogen-bond acceptors (Lipinski definition) is 5. The van der Waals surface area contributed by atoms with E-state index < -0.39 is 17.0 Å². The number of phenols is 1. The molecule has 0 radical (unpaired) electrons. The molecule has 2 aromatic carbocycles. The molecule has 0 aliphatic heterocycles. The monoisotopic (exact) mass is 576 g/mol. The van der Waals surface area contributed by atoms with Crippen molar-refractivity contribution in [3.63, 3.8) is 0 Å². The zero-order valence-corrected chi connectivity index (χ0v) is 22.0. The highest BCUT2D eigenvalue weighted by Gasteiger charge is 2.13. The van der Waals surface area contributed by atoms with Crippen molar-refractivity contribution in [2.75, 3.05) is 18.9 Å². The summed E-state index contributed by atoms with van der Waals surface area (Å²) >= 11 is 4.92. The quantitative estimate of drug-likeness (QED) is 0.407. The summed E-state index contributed by atoms with van der Waals surface area (Å²) in [5, 5.41) is 12.5. The molecular weight excluding hydrogens is 550 g/mol. The SMILES string of the molecule is CC.CC(C)c1cc(Cc2c(Br)cc(OCC(=O)NCCS(=O)[O-])cc2Br)ccc1O. The molecule has 2 aromatic rings. The molecule has 1 amide bonds. The van der Waals surface area contributed by atoms with Crippen LogP contribution in [-0.2, 0) is 22.3 Å². The number of carbonyl (C=O) groups is 1. The van der Waals surface area contributed by atoms with Crippen LogP contribution in [0.25, 0.3) is 0 Å². The predicted molar refractivity (Wildman–Crippen MR) is 130 cm³/mol. The topological polar surface area (TPSA) is 98.7 Å². The first-order chi connectivity index (χ1) is 14.7. The number of amides is 1. The molecule has 6 nitrogen and oxygen atoms in total. The van der Waals surface area contributed by atoms with E-state index in [1.165, 1.54) is 0 Å². The normalized spacial score (nSPS) is 11.5. The zero-order chi connectivity index (χ0) is 23.6. The maximum Gasteiger partial charge on any atom is 0.257 e. The van der Waals surface area contributed by atoms with Crippen molar-refractivity contribution in [2.24, 2.45) is 0 Å². The fourth-order valence-corrected chi connectivity index (χ4v) is 4.38. The van der Waals surface area contributed by atoms with Gasteiger partial charge in [0, 0.05) is 21.2 Å². The summed E-state index contributed by atoms with van der Waals surface area (Å²) in [4.78, 5) is 11.7. The Morgan fingerprint density at radius 3 is 2.35 bits per heavy atom. The average Bonchev–Trinajstić information content (AvgIpc) is 2.71. The molecule has 1 unspecified atom stereocenters. The van der Waals surface area contributed by atoms with Crippen LogP contribution >= 0.6 is 31.9 Å². The van der Waals surface area contributed by atoms with Crippen molar-refractivity contribution in [1.29, 1.82) is 0 Å². The summed E-state index contributed by atoms with van der Waals surface area (Å²) in [5.41, 5.74) is 2.98. The molecule has 0 bridgehead atoms. The molecule has 9 heteroatoms. The van der Waals surface area contributed by atoms with E-state index in [0.717, 1.165) is 25.6 Å². The van der Waals surface area contributed by atoms with Gasteiger partial charge in [0.15, 0.2) is 6.61 Å². The molecule has 2 rings (SSSR count). The number of phenolic OH excluding ortho intramolecular Hbond substituents is 1. The Bertz CT molecular complexity index is 882. The number of benzene rings is 2. The van der Waals surface area contributed by atoms with Gasteiger partial charge in [-0.3, -0.25) is 9.00 Å². The average molecular weight is 578 g/mol. The number of halogens is 2. The Labute approximate surface area is 203 Å². The van der Waals surface area contributed by atoms with Gasteiger partial charge in [-0.15, -0.1) is 0 Å². The third-order valence-corrected chi connectivity index (χ3v) is 6.12. The Kier molecular flexibility index (Phi) is 12.4. The standard InChI is InChI=1S/C20H23Br2NO5S.C2H6/c1-12(2)15-7-13(3-4-19(15)24)8-16-17(21)9-14(10-18(16)22)28-11-20(25)23-5-6-29(26)27;1-2/h3-4,7,9-10,12,24H,5-6,8,11H2,1-2H3,(H,23,25)(H,26,27);1-2H3/p-1. The van der Waals surface area contributed by atoms with Crippen molar-refractivity contribution in [3.8, 4) is 11.5 Å². The molecule has 0 saturated heterocycles. The number of rotatable bonds is 9. The second kappa shape index (κ2) is 13.9. The van der Waals surface area contributed by atoms with E-state index >= 15 is 0 Å². The third kappa shape index (κ3) is 9.31. The molecule has 1 atom stereocenters. The summed E-state index contributed by atoms with van der Waals surface area (Å²) in [7, 11) is 0. The molecule has 172 valence electrons. The smallest absolute Gasteiger partial charge is 0.257 e. The van der Waals surface area contributed by atoms with Crippen LogP contribution in [0.2, 0.25) is 0 Å². The first-order valence-electron chi connectivity index (χ1n) is 9.92. The maximum absolute atomic E-state index is 11.7. The number of aromatic hydroxyl groups is 1. The number of nitrogens with one attached hydrogen (secondary N) is 1. The second-order valence-corrected chi connectivity index (χ2v) is 9.46. The summed E-state index contributed by atoms with van der Waals surface area (Å²) in [6.45, 7) is 7.91. The predicted octanol–water partition coefficient (Wildman–Crippen LogP) is 5.03. The Hall–Kier alpha value is -1.42. The van der Waals surface area contributed by atoms with E-state index in [-0.39, 0.29) is 24.8 Å². The van der Waals surface area contributed by atoms with Gasteiger partial charge in [-0.1, -0.05) is 82.8 Å². The van der Waals surface area contributed by atoms with Gasteiger partial charge in [0.2, 0.25) is 0 Å². The maximum atomic E-state index is 11.7. The fraction of sp³-hybridized carbons (Fsp3) is 0.409. The van der Waals surface area contributed by atoms with Gasteiger partial charge in [0.25, 0.3) is 5.91 Å². The lowest BCUT2D eigenvalue weighted by Crippen LogP contribution is -2.31. The van der Waals surface area contributed by atoms with Gasteiger partial charge >= 0.3 is 0 Å². The van der Waals surface area contributed by atoms with Gasteiger partial charge in [0.05, 0.1) is 0 Å². The summed E-state index contributed by atoms with van der Waals surface area (Å²) in [5.74, 6) is 0.497. The van der Waals surface area contributed by atoms with Crippen molar-refractivity contribution in [1.82, 2.24) is 5.32 Å². The fourth-order valence-electron chi connectivity index (χ4n) is 2.69. The van der Waals surface area contributed by atoms with Crippen LogP contribution in [0.15, 0.2) is 39.3 Å². The van der Waals surface area contributed by atoms with Crippen LogP contribution in [0.3, 0.4) is 0 Å². The van der Waals surface area contributed by atoms with Crippen molar-refractivity contribution in [2.45, 2.75) is 40.0 Å². The Morgan fingerprint density at radius 2 is 1.81 bits per heavy atom. The molecule has 0 aliphatic carbocycles. The molecule has 0 heterocycles. The first-order valence-corrected chi connectivity index (χ1v) is 12.8. The lowest BCUT2D eigenvalue weighted by atomic mass is 9.96. The van der Waals surface area contributed by atoms with Gasteiger partial charge < -0.3 is 19.7 Å². The third-order valence-electron chi connectivity index (χ3n) is 4.17. The van der Waals surface area contributed by atoms with Crippen LogP contribution in [0.4, 0.5) is 0 Å². The van der Waals surface area contributed by atoms with Crippen molar-refractivity contribution < 1.29 is 23.4 Å². The lowest BCUT2D eigenvalue weighted by molar-refractivity contribution is -0.122. The van der Waals surface area contributed by atoms with Crippen molar-refractivity contribution >= 4 is 48.8 Å². The van der Waals surface area contributed by atoms with E-state index in [1.807, 2.05) is 39.8 Å². The highest BCUT2D eigenvalue weighted by atomic mass is 79.9. The van der Waals surface area contributed by atoms with Gasteiger partial charge in [-0.05, 0) is 47.2 Å². The van der Waals surface area contributed by atoms with E-state index in [9.17, 15) is 18.7 Å². The van der Waals surface area contributed by atoms with Crippen LogP contribution in [0.1, 0.15) is 50.3 Å². The first kappa shape index (κ1) is 27.6. The molecular formula is C22H28Br2NO5S-. The second-order valence-electron chi connectivity index (χ2n) is 6.74. The number of hydrogen-bond donors (Lipinski definition) is 2. The minimum Gasteiger partial charge on any atom is -0.772 e. The molecule has 0 aromatic heterocycles. The summed E-state index contributed by atoms with van der Waals surface area (Å²) in [6.07, 6.45) is 0.647. The van der Waals surface area contributed by atoms with E-state index in [2.05, 4.69) is 37.2 Å². The van der Waals surface area contributed by atoms with Crippen LogP contribution in [0.5, 0.6) is 11.5 Å². The minimum atomic E-state index is -2.19. The molecule has 0 fully saturated rings. The summed E-state index contributed by atoms with van der Waals surface area (Å²) in [6, 6.07) is 9.17. The van der Waals surface area contributed by atoms with Gasteiger partial charge in [-0.2, -0.15) is 0 Å². The number of ether oxygens (including phenoxy) is 1. The van der Waals surface area contributed by atoms with Crippen LogP contribution in [0, 0.1) is 0 Å². The minimum absolute atomic E-state index is 0.0512. The number of carbonyl (C=O) groups excluding carboxylic acids is 1. The molecule has 2 N–H and O–H groups in total. The largest absolute Gasteiger partial charge is 0.772 e.